The molecule has 0 spiro atoms. The van der Waals surface area contributed by atoms with Crippen LogP contribution in [0.3, 0.4) is 0 Å². The van der Waals surface area contributed by atoms with Crippen LogP contribution in [0.1, 0.15) is 27.2 Å². The van der Waals surface area contributed by atoms with Crippen LogP contribution >= 0.6 is 0 Å². The molecule has 1 saturated carbocycles. The Morgan fingerprint density at radius 1 is 1.12 bits per heavy atom. The number of hydrogen-bond donors (Lipinski definition) is 1. The van der Waals surface area contributed by atoms with Crippen molar-refractivity contribution in [3.8, 4) is 17.2 Å². The Hall–Kier alpha value is -3.18. The molecule has 0 aliphatic heterocycles. The zero-order valence-corrected chi connectivity index (χ0v) is 19.5. The van der Waals surface area contributed by atoms with E-state index in [0.717, 1.165) is 0 Å². The number of nitrogens with one attached hydrogen (secondary N) is 1. The standard InChI is InChI=1S/C22H27N3O7S/c1-4-24(5-2)33(29,30)17-11-12-21(32-16-9-7-15(8-10-16)31-6-3)19(13-17)23-22(26)18-14-20(18)25(27)28/h7-13,18,20H,4-6,14H2,1-3H3,(H,23,26). The molecule has 0 saturated heterocycles. The Labute approximate surface area is 192 Å². The van der Waals surface area contributed by atoms with Gasteiger partial charge in [0.05, 0.1) is 17.2 Å². The summed E-state index contributed by atoms with van der Waals surface area (Å²) in [6.45, 7) is 6.44. The Balaban J connectivity index is 1.92. The molecule has 33 heavy (non-hydrogen) atoms. The number of anilines is 1. The lowest BCUT2D eigenvalue weighted by Crippen LogP contribution is -2.30. The summed E-state index contributed by atoms with van der Waals surface area (Å²) in [5, 5.41) is 13.6. The monoisotopic (exact) mass is 477 g/mol. The maximum absolute atomic E-state index is 13.0. The summed E-state index contributed by atoms with van der Waals surface area (Å²) in [6, 6.07) is 10.1. The Morgan fingerprint density at radius 3 is 2.30 bits per heavy atom. The zero-order chi connectivity index (χ0) is 24.2. The summed E-state index contributed by atoms with van der Waals surface area (Å²) in [5.74, 6) is 0.0119. The van der Waals surface area contributed by atoms with E-state index in [9.17, 15) is 23.3 Å². The predicted octanol–water partition coefficient (Wildman–Crippen LogP) is 3.51. The molecule has 2 aromatic rings. The van der Waals surface area contributed by atoms with Gasteiger partial charge in [-0.1, -0.05) is 13.8 Å². The summed E-state index contributed by atoms with van der Waals surface area (Å²) in [6.07, 6.45) is 0.144. The van der Waals surface area contributed by atoms with Crippen LogP contribution < -0.4 is 14.8 Å². The van der Waals surface area contributed by atoms with Crippen LogP contribution in [0.5, 0.6) is 17.2 Å². The average molecular weight is 478 g/mol. The second kappa shape index (κ2) is 10.2. The van der Waals surface area contributed by atoms with E-state index in [1.165, 1.54) is 22.5 Å². The third-order valence-corrected chi connectivity index (χ3v) is 7.32. The number of nitrogens with zero attached hydrogens (tertiary/aromatic N) is 2. The minimum absolute atomic E-state index is 0.0119. The van der Waals surface area contributed by atoms with Crippen LogP contribution in [0.2, 0.25) is 0 Å². The maximum Gasteiger partial charge on any atom is 0.243 e. The van der Waals surface area contributed by atoms with Gasteiger partial charge in [-0.05, 0) is 49.4 Å². The molecule has 1 amide bonds. The summed E-state index contributed by atoms with van der Waals surface area (Å²) in [7, 11) is -3.79. The van der Waals surface area contributed by atoms with Gasteiger partial charge < -0.3 is 14.8 Å². The fraction of sp³-hybridized carbons (Fsp3) is 0.409. The van der Waals surface area contributed by atoms with E-state index in [2.05, 4.69) is 5.32 Å². The molecule has 10 nitrogen and oxygen atoms in total. The number of ether oxygens (including phenoxy) is 2. The Kier molecular flexibility index (Phi) is 7.54. The topological polar surface area (TPSA) is 128 Å². The molecule has 1 aliphatic rings. The van der Waals surface area contributed by atoms with Crippen molar-refractivity contribution >= 4 is 21.6 Å². The van der Waals surface area contributed by atoms with Gasteiger partial charge in [-0.25, -0.2) is 8.42 Å². The highest BCUT2D eigenvalue weighted by Gasteiger charge is 2.53. The second-order valence-corrected chi connectivity index (χ2v) is 9.38. The van der Waals surface area contributed by atoms with E-state index in [0.29, 0.717) is 18.1 Å². The van der Waals surface area contributed by atoms with Crippen molar-refractivity contribution in [2.75, 3.05) is 25.0 Å². The highest BCUT2D eigenvalue weighted by atomic mass is 32.2. The van der Waals surface area contributed by atoms with Crippen LogP contribution in [0.15, 0.2) is 47.4 Å². The first-order valence-electron chi connectivity index (χ1n) is 10.7. The largest absolute Gasteiger partial charge is 0.494 e. The van der Waals surface area contributed by atoms with Gasteiger partial charge in [-0.3, -0.25) is 14.9 Å². The summed E-state index contributed by atoms with van der Waals surface area (Å²) < 4.78 is 38.5. The summed E-state index contributed by atoms with van der Waals surface area (Å²) in [5.41, 5.74) is 0.121. The molecule has 178 valence electrons. The lowest BCUT2D eigenvalue weighted by atomic mass is 10.2. The highest BCUT2D eigenvalue weighted by Crippen LogP contribution is 2.37. The third kappa shape index (κ3) is 5.60. The molecular formula is C22H27N3O7S. The van der Waals surface area contributed by atoms with Crippen molar-refractivity contribution < 1.29 is 27.6 Å². The molecule has 0 radical (unpaired) electrons. The van der Waals surface area contributed by atoms with E-state index < -0.39 is 32.8 Å². The van der Waals surface area contributed by atoms with Gasteiger partial charge in [-0.2, -0.15) is 4.31 Å². The summed E-state index contributed by atoms with van der Waals surface area (Å²) in [4.78, 5) is 23.0. The molecule has 2 unspecified atom stereocenters. The first kappa shape index (κ1) is 24.5. The molecular weight excluding hydrogens is 450 g/mol. The third-order valence-electron chi connectivity index (χ3n) is 5.28. The van der Waals surface area contributed by atoms with Gasteiger partial charge in [0.1, 0.15) is 17.4 Å². The van der Waals surface area contributed by atoms with Crippen molar-refractivity contribution in [3.05, 3.63) is 52.6 Å². The van der Waals surface area contributed by atoms with Gasteiger partial charge in [-0.15, -0.1) is 0 Å². The fourth-order valence-corrected chi connectivity index (χ4v) is 4.87. The molecule has 2 atom stereocenters. The van der Waals surface area contributed by atoms with Crippen LogP contribution in [0, 0.1) is 16.0 Å². The van der Waals surface area contributed by atoms with E-state index >= 15 is 0 Å². The minimum atomic E-state index is -3.79. The minimum Gasteiger partial charge on any atom is -0.494 e. The van der Waals surface area contributed by atoms with Crippen LogP contribution in [0.4, 0.5) is 5.69 Å². The van der Waals surface area contributed by atoms with Crippen molar-refractivity contribution in [2.24, 2.45) is 5.92 Å². The molecule has 0 heterocycles. The quantitative estimate of drug-likeness (QED) is 0.387. The predicted molar refractivity (Wildman–Crippen MR) is 122 cm³/mol. The second-order valence-electron chi connectivity index (χ2n) is 7.44. The first-order chi connectivity index (χ1) is 15.7. The van der Waals surface area contributed by atoms with Gasteiger partial charge in [0.2, 0.25) is 22.0 Å². The number of nitro groups is 1. The van der Waals surface area contributed by atoms with Crippen LogP contribution in [0.25, 0.3) is 0 Å². The van der Waals surface area contributed by atoms with Gasteiger partial charge in [0, 0.05) is 24.4 Å². The lowest BCUT2D eigenvalue weighted by molar-refractivity contribution is -0.497. The molecule has 0 aromatic heterocycles. The maximum atomic E-state index is 13.0. The van der Waals surface area contributed by atoms with Gasteiger partial charge in [0.15, 0.2) is 5.75 Å². The fourth-order valence-electron chi connectivity index (χ4n) is 3.39. The molecule has 3 rings (SSSR count). The normalized spacial score (nSPS) is 17.5. The molecule has 0 bridgehead atoms. The van der Waals surface area contributed by atoms with Crippen LogP contribution in [-0.4, -0.2) is 49.3 Å². The molecule has 1 fully saturated rings. The average Bonchev–Trinajstić information content (AvgIpc) is 3.58. The van der Waals surface area contributed by atoms with Gasteiger partial charge in [0.25, 0.3) is 0 Å². The SMILES string of the molecule is CCOc1ccc(Oc2ccc(S(=O)(=O)N(CC)CC)cc2NC(=O)C2CC2[N+](=O)[O-])cc1. The lowest BCUT2D eigenvalue weighted by Gasteiger charge is -2.20. The number of sulfonamides is 1. The number of benzene rings is 2. The molecule has 11 heteroatoms. The summed E-state index contributed by atoms with van der Waals surface area (Å²) >= 11 is 0. The highest BCUT2D eigenvalue weighted by molar-refractivity contribution is 7.89. The number of carbonyl (C=O) groups is 1. The molecule has 1 aliphatic carbocycles. The van der Waals surface area contributed by atoms with E-state index in [1.54, 1.807) is 38.1 Å². The van der Waals surface area contributed by atoms with Crippen molar-refractivity contribution in [1.29, 1.82) is 0 Å². The van der Waals surface area contributed by atoms with E-state index in [4.69, 9.17) is 9.47 Å². The Bertz CT molecular complexity index is 1120. The van der Waals surface area contributed by atoms with E-state index in [1.807, 2.05) is 6.92 Å². The first-order valence-corrected chi connectivity index (χ1v) is 12.1. The number of rotatable bonds is 11. The van der Waals surface area contributed by atoms with Crippen molar-refractivity contribution in [1.82, 2.24) is 4.31 Å². The number of amides is 1. The van der Waals surface area contributed by atoms with Crippen molar-refractivity contribution in [3.63, 3.8) is 0 Å². The van der Waals surface area contributed by atoms with Crippen LogP contribution in [-0.2, 0) is 14.8 Å². The number of hydrogen-bond acceptors (Lipinski definition) is 7. The molecule has 1 N–H and O–H groups in total. The molecule has 2 aromatic carbocycles. The Morgan fingerprint density at radius 2 is 1.76 bits per heavy atom. The zero-order valence-electron chi connectivity index (χ0n) is 18.7. The van der Waals surface area contributed by atoms with Gasteiger partial charge >= 0.3 is 0 Å². The smallest absolute Gasteiger partial charge is 0.243 e. The van der Waals surface area contributed by atoms with E-state index in [-0.39, 0.29) is 35.8 Å². The van der Waals surface area contributed by atoms with Crippen molar-refractivity contribution in [2.45, 2.75) is 38.1 Å². The number of carbonyl (C=O) groups excluding carboxylic acids is 1.